The van der Waals surface area contributed by atoms with E-state index in [0.29, 0.717) is 5.56 Å². The number of aryl methyl sites for hydroxylation is 3. The summed E-state index contributed by atoms with van der Waals surface area (Å²) in [7, 11) is -3.70. The maximum atomic E-state index is 13.7. The Balaban J connectivity index is 1.95. The fraction of sp³-hybridized carbons (Fsp3) is 0.278. The number of benzene rings is 2. The predicted molar refractivity (Wildman–Crippen MR) is 95.5 cm³/mol. The second-order valence-electron chi connectivity index (χ2n) is 5.95. The first kappa shape index (κ1) is 19.1. The fourth-order valence-electron chi connectivity index (χ4n) is 2.31. The van der Waals surface area contributed by atoms with E-state index >= 15 is 0 Å². The molecule has 134 valence electrons. The Kier molecular flexibility index (Phi) is 5.92. The van der Waals surface area contributed by atoms with E-state index in [1.54, 1.807) is 32.0 Å². The van der Waals surface area contributed by atoms with Crippen LogP contribution in [0.15, 0.2) is 41.3 Å². The van der Waals surface area contributed by atoms with Crippen molar-refractivity contribution in [2.45, 2.75) is 32.1 Å². The van der Waals surface area contributed by atoms with Gasteiger partial charge >= 0.3 is 0 Å². The van der Waals surface area contributed by atoms with Crippen LogP contribution in [-0.2, 0) is 14.8 Å². The first-order chi connectivity index (χ1) is 11.7. The van der Waals surface area contributed by atoms with Crippen molar-refractivity contribution in [3.8, 4) is 0 Å². The third-order valence-corrected chi connectivity index (χ3v) is 5.28. The molecule has 0 fully saturated rings. The molecule has 5 nitrogen and oxygen atoms in total. The van der Waals surface area contributed by atoms with Gasteiger partial charge in [-0.2, -0.15) is 0 Å². The van der Waals surface area contributed by atoms with Gasteiger partial charge in [0.2, 0.25) is 15.9 Å². The van der Waals surface area contributed by atoms with Crippen molar-refractivity contribution in [2.24, 2.45) is 0 Å². The SMILES string of the molecule is Cc1ccc(NC(=O)CCNS(=O)(=O)c2cc(C)ccc2C)c(F)c1. The van der Waals surface area contributed by atoms with E-state index in [1.165, 1.54) is 12.1 Å². The molecule has 0 atom stereocenters. The Bertz CT molecular complexity index is 895. The van der Waals surface area contributed by atoms with Crippen LogP contribution >= 0.6 is 0 Å². The average Bonchev–Trinajstić information content (AvgIpc) is 2.52. The Morgan fingerprint density at radius 2 is 1.68 bits per heavy atom. The summed E-state index contributed by atoms with van der Waals surface area (Å²) in [4.78, 5) is 12.1. The van der Waals surface area contributed by atoms with Gasteiger partial charge in [-0.15, -0.1) is 0 Å². The van der Waals surface area contributed by atoms with Gasteiger partial charge in [-0.1, -0.05) is 18.2 Å². The van der Waals surface area contributed by atoms with Crippen molar-refractivity contribution in [1.29, 1.82) is 0 Å². The minimum absolute atomic E-state index is 0.0744. The molecule has 0 aliphatic rings. The molecule has 7 heteroatoms. The quantitative estimate of drug-likeness (QED) is 0.827. The molecule has 1 amide bonds. The number of halogens is 1. The first-order valence-electron chi connectivity index (χ1n) is 7.82. The maximum absolute atomic E-state index is 13.7. The molecule has 25 heavy (non-hydrogen) atoms. The van der Waals surface area contributed by atoms with E-state index in [-0.39, 0.29) is 23.5 Å². The summed E-state index contributed by atoms with van der Waals surface area (Å²) < 4.78 is 40.8. The van der Waals surface area contributed by atoms with E-state index in [1.807, 2.05) is 13.0 Å². The first-order valence-corrected chi connectivity index (χ1v) is 9.30. The van der Waals surface area contributed by atoms with Crippen molar-refractivity contribution in [3.05, 3.63) is 58.9 Å². The monoisotopic (exact) mass is 364 g/mol. The molecule has 0 saturated carbocycles. The predicted octanol–water partition coefficient (Wildman–Crippen LogP) is 3.06. The van der Waals surface area contributed by atoms with Gasteiger partial charge in [-0.3, -0.25) is 4.79 Å². The number of hydrogen-bond acceptors (Lipinski definition) is 3. The molecule has 0 aliphatic heterocycles. The number of sulfonamides is 1. The van der Waals surface area contributed by atoms with Gasteiger partial charge in [0.1, 0.15) is 5.82 Å². The average molecular weight is 364 g/mol. The van der Waals surface area contributed by atoms with E-state index < -0.39 is 21.7 Å². The molecule has 2 aromatic rings. The van der Waals surface area contributed by atoms with Gasteiger partial charge < -0.3 is 5.32 Å². The van der Waals surface area contributed by atoms with Crippen molar-refractivity contribution in [1.82, 2.24) is 4.72 Å². The number of hydrogen-bond donors (Lipinski definition) is 2. The van der Waals surface area contributed by atoms with Crippen molar-refractivity contribution < 1.29 is 17.6 Å². The summed E-state index contributed by atoms with van der Waals surface area (Å²) in [6, 6.07) is 9.62. The van der Waals surface area contributed by atoms with Crippen LogP contribution in [0.3, 0.4) is 0 Å². The number of nitrogens with one attached hydrogen (secondary N) is 2. The third kappa shape index (κ3) is 5.11. The van der Waals surface area contributed by atoms with E-state index in [9.17, 15) is 17.6 Å². The van der Waals surface area contributed by atoms with Crippen LogP contribution in [0.5, 0.6) is 0 Å². The maximum Gasteiger partial charge on any atom is 0.240 e. The summed E-state index contributed by atoms with van der Waals surface area (Å²) in [6.45, 7) is 5.19. The van der Waals surface area contributed by atoms with Gasteiger partial charge in [0, 0.05) is 13.0 Å². The second-order valence-corrected chi connectivity index (χ2v) is 7.68. The molecular weight excluding hydrogens is 343 g/mol. The zero-order valence-electron chi connectivity index (χ0n) is 14.4. The Hall–Kier alpha value is -2.25. The Morgan fingerprint density at radius 3 is 2.36 bits per heavy atom. The molecule has 0 unspecified atom stereocenters. The lowest BCUT2D eigenvalue weighted by Gasteiger charge is -2.11. The van der Waals surface area contributed by atoms with Crippen LogP contribution < -0.4 is 10.0 Å². The van der Waals surface area contributed by atoms with Crippen LogP contribution in [0.1, 0.15) is 23.1 Å². The standard InChI is InChI=1S/C18H21FN2O3S/c1-12-5-7-16(15(19)10-12)21-18(22)8-9-20-25(23,24)17-11-13(2)4-6-14(17)3/h4-7,10-11,20H,8-9H2,1-3H3,(H,21,22). The van der Waals surface area contributed by atoms with Crippen molar-refractivity contribution in [3.63, 3.8) is 0 Å². The highest BCUT2D eigenvalue weighted by atomic mass is 32.2. The van der Waals surface area contributed by atoms with Gasteiger partial charge in [0.05, 0.1) is 10.6 Å². The van der Waals surface area contributed by atoms with Crippen molar-refractivity contribution >= 4 is 21.6 Å². The number of amides is 1. The van der Waals surface area contributed by atoms with E-state index in [4.69, 9.17) is 0 Å². The summed E-state index contributed by atoms with van der Waals surface area (Å²) in [5.41, 5.74) is 2.28. The van der Waals surface area contributed by atoms with Crippen LogP contribution in [0.2, 0.25) is 0 Å². The van der Waals surface area contributed by atoms with Gasteiger partial charge in [0.25, 0.3) is 0 Å². The molecule has 2 aromatic carbocycles. The van der Waals surface area contributed by atoms with Crippen LogP contribution in [0, 0.1) is 26.6 Å². The molecule has 2 rings (SSSR count). The van der Waals surface area contributed by atoms with Gasteiger partial charge in [-0.05, 0) is 55.7 Å². The zero-order chi connectivity index (χ0) is 18.6. The summed E-state index contributed by atoms with van der Waals surface area (Å²) in [5, 5.41) is 2.44. The molecule has 0 spiro atoms. The minimum Gasteiger partial charge on any atom is -0.324 e. The molecule has 0 radical (unpaired) electrons. The lowest BCUT2D eigenvalue weighted by molar-refractivity contribution is -0.116. The molecule has 0 saturated heterocycles. The molecule has 0 aromatic heterocycles. The molecular formula is C18H21FN2O3S. The molecule has 2 N–H and O–H groups in total. The Labute approximate surface area is 147 Å². The minimum atomic E-state index is -3.70. The van der Waals surface area contributed by atoms with Crippen LogP contribution in [0.4, 0.5) is 10.1 Å². The van der Waals surface area contributed by atoms with Gasteiger partial charge in [0.15, 0.2) is 0 Å². The highest BCUT2D eigenvalue weighted by Crippen LogP contribution is 2.17. The van der Waals surface area contributed by atoms with Crippen LogP contribution in [0.25, 0.3) is 0 Å². The fourth-order valence-corrected chi connectivity index (χ4v) is 3.67. The molecule has 0 heterocycles. The largest absolute Gasteiger partial charge is 0.324 e. The lowest BCUT2D eigenvalue weighted by Crippen LogP contribution is -2.28. The number of rotatable bonds is 6. The van der Waals surface area contributed by atoms with E-state index in [0.717, 1.165) is 11.1 Å². The molecule has 0 aliphatic carbocycles. The molecule has 0 bridgehead atoms. The third-order valence-electron chi connectivity index (χ3n) is 3.68. The number of carbonyl (C=O) groups is 1. The number of carbonyl (C=O) groups excluding carboxylic acids is 1. The lowest BCUT2D eigenvalue weighted by atomic mass is 10.2. The Morgan fingerprint density at radius 1 is 1.04 bits per heavy atom. The smallest absolute Gasteiger partial charge is 0.240 e. The number of anilines is 1. The van der Waals surface area contributed by atoms with Crippen LogP contribution in [-0.4, -0.2) is 20.9 Å². The topological polar surface area (TPSA) is 75.3 Å². The summed E-state index contributed by atoms with van der Waals surface area (Å²) >= 11 is 0. The van der Waals surface area contributed by atoms with E-state index in [2.05, 4.69) is 10.0 Å². The second kappa shape index (κ2) is 7.76. The van der Waals surface area contributed by atoms with Gasteiger partial charge in [-0.25, -0.2) is 17.5 Å². The summed E-state index contributed by atoms with van der Waals surface area (Å²) in [5.74, 6) is -0.990. The highest BCUT2D eigenvalue weighted by Gasteiger charge is 2.17. The zero-order valence-corrected chi connectivity index (χ0v) is 15.2. The van der Waals surface area contributed by atoms with Crippen molar-refractivity contribution in [2.75, 3.05) is 11.9 Å². The normalized spacial score (nSPS) is 11.4. The highest BCUT2D eigenvalue weighted by molar-refractivity contribution is 7.89. The summed E-state index contributed by atoms with van der Waals surface area (Å²) in [6.07, 6.45) is -0.0998.